The number of hydrogen-bond donors (Lipinski definition) is 1. The predicted molar refractivity (Wildman–Crippen MR) is 108 cm³/mol. The van der Waals surface area contributed by atoms with E-state index in [4.69, 9.17) is 4.74 Å². The number of non-ortho nitro benzene ring substituents is 1. The van der Waals surface area contributed by atoms with Gasteiger partial charge in [-0.3, -0.25) is 29.6 Å². The first kappa shape index (κ1) is 19.8. The lowest BCUT2D eigenvalue weighted by Gasteiger charge is -2.31. The van der Waals surface area contributed by atoms with Crippen LogP contribution < -0.4 is 5.56 Å². The number of aliphatic hydroxyl groups is 1. The van der Waals surface area contributed by atoms with Crippen LogP contribution >= 0.6 is 0 Å². The van der Waals surface area contributed by atoms with E-state index in [9.17, 15) is 34.9 Å². The molecule has 0 bridgehead atoms. The van der Waals surface area contributed by atoms with Crippen LogP contribution in [0.15, 0.2) is 29.1 Å². The first-order chi connectivity index (χ1) is 15.2. The topological polar surface area (TPSA) is 168 Å². The van der Waals surface area contributed by atoms with Gasteiger partial charge in [0.1, 0.15) is 12.3 Å². The fourth-order valence-electron chi connectivity index (χ4n) is 4.47. The Labute approximate surface area is 178 Å². The molecule has 0 amide bonds. The van der Waals surface area contributed by atoms with Crippen molar-refractivity contribution in [2.24, 2.45) is 0 Å². The molecule has 32 heavy (non-hydrogen) atoms. The van der Waals surface area contributed by atoms with Crippen molar-refractivity contribution in [2.75, 3.05) is 0 Å². The molecule has 1 aromatic carbocycles. The van der Waals surface area contributed by atoms with Crippen LogP contribution in [0.3, 0.4) is 0 Å². The molecule has 0 aliphatic carbocycles. The van der Waals surface area contributed by atoms with Gasteiger partial charge in [0.15, 0.2) is 5.60 Å². The van der Waals surface area contributed by atoms with Gasteiger partial charge in [0.05, 0.1) is 44.1 Å². The summed E-state index contributed by atoms with van der Waals surface area (Å²) >= 11 is 0. The summed E-state index contributed by atoms with van der Waals surface area (Å²) in [6.45, 7) is 0.836. The zero-order valence-corrected chi connectivity index (χ0v) is 16.5. The van der Waals surface area contributed by atoms with E-state index < -0.39 is 39.3 Å². The molecule has 2 aliphatic heterocycles. The summed E-state index contributed by atoms with van der Waals surface area (Å²) in [5.74, 6) is -1.07. The fourth-order valence-corrected chi connectivity index (χ4v) is 4.47. The quantitative estimate of drug-likeness (QED) is 0.285. The molecule has 12 nitrogen and oxygen atoms in total. The van der Waals surface area contributed by atoms with Gasteiger partial charge in [-0.15, -0.1) is 0 Å². The number of nitro groups is 2. The van der Waals surface area contributed by atoms with Crippen LogP contribution in [-0.4, -0.2) is 30.5 Å². The maximum absolute atomic E-state index is 13.2. The van der Waals surface area contributed by atoms with E-state index in [-0.39, 0.29) is 52.1 Å². The van der Waals surface area contributed by atoms with Gasteiger partial charge in [0.25, 0.3) is 11.2 Å². The zero-order chi connectivity index (χ0) is 22.9. The number of carbonyl (C=O) groups is 1. The van der Waals surface area contributed by atoms with Crippen LogP contribution in [0.2, 0.25) is 0 Å². The van der Waals surface area contributed by atoms with Crippen molar-refractivity contribution in [3.63, 3.8) is 0 Å². The maximum Gasteiger partial charge on any atom is 0.343 e. The summed E-state index contributed by atoms with van der Waals surface area (Å²) in [5, 5.41) is 34.8. The van der Waals surface area contributed by atoms with Crippen LogP contribution in [0.5, 0.6) is 0 Å². The van der Waals surface area contributed by atoms with Crippen molar-refractivity contribution >= 4 is 28.2 Å². The van der Waals surface area contributed by atoms with E-state index in [1.807, 2.05) is 0 Å². The molecule has 5 rings (SSSR count). The third kappa shape index (κ3) is 2.37. The number of cyclic esters (lactones) is 1. The molecule has 0 unspecified atom stereocenters. The lowest BCUT2D eigenvalue weighted by Crippen LogP contribution is -2.45. The predicted octanol–water partition coefficient (Wildman–Crippen LogP) is 1.90. The number of fused-ring (bicyclic) bond motifs is 5. The molecule has 3 aromatic rings. The fraction of sp³-hybridized carbons (Fsp3) is 0.250. The number of ether oxygens (including phenoxy) is 1. The summed E-state index contributed by atoms with van der Waals surface area (Å²) in [5.41, 5.74) is -3.81. The molecule has 0 fully saturated rings. The third-order valence-electron chi connectivity index (χ3n) is 5.99. The molecule has 0 spiro atoms. The van der Waals surface area contributed by atoms with E-state index in [1.165, 1.54) is 31.2 Å². The molecule has 0 saturated heterocycles. The number of nitrogens with zero attached hydrogens (tertiary/aromatic N) is 4. The first-order valence-electron chi connectivity index (χ1n) is 9.60. The van der Waals surface area contributed by atoms with Crippen LogP contribution in [0.1, 0.15) is 30.0 Å². The monoisotopic (exact) mass is 438 g/mol. The Morgan fingerprint density at radius 1 is 1.25 bits per heavy atom. The molecular formula is C20H14N4O8. The van der Waals surface area contributed by atoms with Crippen molar-refractivity contribution in [1.82, 2.24) is 9.55 Å². The number of esters is 1. The number of carbonyl (C=O) groups excluding carboxylic acids is 1. The lowest BCUT2D eigenvalue weighted by molar-refractivity contribution is -0.386. The van der Waals surface area contributed by atoms with Gasteiger partial charge in [0, 0.05) is 11.6 Å². The van der Waals surface area contributed by atoms with Crippen LogP contribution in [0.25, 0.3) is 22.3 Å². The van der Waals surface area contributed by atoms with E-state index in [2.05, 4.69) is 4.98 Å². The summed E-state index contributed by atoms with van der Waals surface area (Å²) in [7, 11) is 0. The average Bonchev–Trinajstić information content (AvgIpc) is 3.13. The van der Waals surface area contributed by atoms with Gasteiger partial charge in [0.2, 0.25) is 0 Å². The average molecular weight is 438 g/mol. The van der Waals surface area contributed by atoms with Crippen LogP contribution in [0, 0.1) is 20.2 Å². The number of rotatable bonds is 3. The van der Waals surface area contributed by atoms with E-state index in [0.717, 1.165) is 4.57 Å². The summed E-state index contributed by atoms with van der Waals surface area (Å²) in [6.07, 6.45) is -0.243. The molecule has 4 heterocycles. The van der Waals surface area contributed by atoms with Gasteiger partial charge in [-0.05, 0) is 18.6 Å². The Kier molecular flexibility index (Phi) is 3.95. The SMILES string of the molecule is CC[C@@]1(O)C(=O)OCc2c1c([N+](=O)[O-])c1n(c2=O)Cc2cc3c([N+](=O)[O-])cccc3nc2-1. The molecule has 0 radical (unpaired) electrons. The van der Waals surface area contributed by atoms with Gasteiger partial charge < -0.3 is 9.84 Å². The van der Waals surface area contributed by atoms with Crippen LogP contribution in [-0.2, 0) is 28.3 Å². The highest BCUT2D eigenvalue weighted by Crippen LogP contribution is 2.46. The highest BCUT2D eigenvalue weighted by molar-refractivity contribution is 5.93. The molecule has 2 aliphatic rings. The van der Waals surface area contributed by atoms with Crippen molar-refractivity contribution in [1.29, 1.82) is 0 Å². The molecule has 162 valence electrons. The largest absolute Gasteiger partial charge is 0.458 e. The van der Waals surface area contributed by atoms with Crippen molar-refractivity contribution in [2.45, 2.75) is 32.1 Å². The highest BCUT2D eigenvalue weighted by atomic mass is 16.6. The normalized spacial score (nSPS) is 18.6. The van der Waals surface area contributed by atoms with Gasteiger partial charge in [-0.1, -0.05) is 13.0 Å². The van der Waals surface area contributed by atoms with Crippen molar-refractivity contribution in [3.05, 3.63) is 71.5 Å². The smallest absolute Gasteiger partial charge is 0.343 e. The van der Waals surface area contributed by atoms with Gasteiger partial charge in [-0.25, -0.2) is 9.78 Å². The Morgan fingerprint density at radius 2 is 2.00 bits per heavy atom. The molecule has 1 atom stereocenters. The Balaban J connectivity index is 1.91. The Morgan fingerprint density at radius 3 is 2.66 bits per heavy atom. The second-order valence-corrected chi connectivity index (χ2v) is 7.59. The van der Waals surface area contributed by atoms with Crippen molar-refractivity contribution < 1.29 is 24.5 Å². The number of pyridine rings is 2. The zero-order valence-electron chi connectivity index (χ0n) is 16.5. The molecular weight excluding hydrogens is 424 g/mol. The van der Waals surface area contributed by atoms with Crippen LogP contribution in [0.4, 0.5) is 11.4 Å². The molecule has 1 N–H and O–H groups in total. The van der Waals surface area contributed by atoms with E-state index in [1.54, 1.807) is 0 Å². The molecule has 12 heteroatoms. The van der Waals surface area contributed by atoms with Gasteiger partial charge >= 0.3 is 11.7 Å². The molecule has 0 saturated carbocycles. The second kappa shape index (κ2) is 6.40. The third-order valence-corrected chi connectivity index (χ3v) is 5.99. The first-order valence-corrected chi connectivity index (χ1v) is 9.60. The summed E-state index contributed by atoms with van der Waals surface area (Å²) in [4.78, 5) is 52.2. The molecule has 2 aromatic heterocycles. The summed E-state index contributed by atoms with van der Waals surface area (Å²) in [6, 6.07) is 5.76. The number of hydrogen-bond acceptors (Lipinski definition) is 9. The van der Waals surface area contributed by atoms with E-state index in [0.29, 0.717) is 5.56 Å². The van der Waals surface area contributed by atoms with E-state index >= 15 is 0 Å². The Hall–Kier alpha value is -4.19. The minimum atomic E-state index is -2.36. The summed E-state index contributed by atoms with van der Waals surface area (Å²) < 4.78 is 6.09. The minimum Gasteiger partial charge on any atom is -0.458 e. The highest BCUT2D eigenvalue weighted by Gasteiger charge is 2.51. The van der Waals surface area contributed by atoms with Gasteiger partial charge in [-0.2, -0.15) is 0 Å². The number of nitro benzene ring substituents is 1. The second-order valence-electron chi connectivity index (χ2n) is 7.59. The van der Waals surface area contributed by atoms with Crippen molar-refractivity contribution in [3.8, 4) is 11.4 Å². The minimum absolute atomic E-state index is 0.0991. The number of benzene rings is 1. The lowest BCUT2D eigenvalue weighted by atomic mass is 9.84. The number of aromatic nitrogens is 2. The Bertz CT molecular complexity index is 1460. The maximum atomic E-state index is 13.2. The standard InChI is InChI=1S/C20H14N4O8/c1-2-20(27)14-11(8-32-19(20)26)18(25)22-7-9-6-10-12(4-3-5-13(10)23(28)29)21-15(9)17(22)16(14)24(30)31/h3-6,27H,2,7-8H2,1H3/t20-/m0/s1.